The molecule has 1 aromatic carbocycles. The number of nitrogens with one attached hydrogen (secondary N) is 1. The zero-order chi connectivity index (χ0) is 15.1. The lowest BCUT2D eigenvalue weighted by Gasteiger charge is -2.19. The largest absolute Gasteiger partial charge is 0.396 e. The maximum absolute atomic E-state index is 12.3. The molecule has 1 atom stereocenters. The zero-order valence-corrected chi connectivity index (χ0v) is 12.3. The van der Waals surface area contributed by atoms with Gasteiger partial charge in [-0.1, -0.05) is 41.9 Å². The van der Waals surface area contributed by atoms with E-state index in [2.05, 4.69) is 10.3 Å². The van der Waals surface area contributed by atoms with E-state index < -0.39 is 0 Å². The highest BCUT2D eigenvalue weighted by molar-refractivity contribution is 6.33. The Hall–Kier alpha value is -1.91. The van der Waals surface area contributed by atoms with Crippen LogP contribution in [-0.4, -0.2) is 22.6 Å². The molecule has 1 amide bonds. The van der Waals surface area contributed by atoms with Crippen molar-refractivity contribution in [3.8, 4) is 0 Å². The van der Waals surface area contributed by atoms with Crippen LogP contribution in [0.3, 0.4) is 0 Å². The van der Waals surface area contributed by atoms with Gasteiger partial charge in [0, 0.05) is 19.0 Å². The Morgan fingerprint density at radius 1 is 1.29 bits per heavy atom. The van der Waals surface area contributed by atoms with Gasteiger partial charge < -0.3 is 10.4 Å². The molecular weight excluding hydrogens is 288 g/mol. The molecule has 1 aromatic heterocycles. The fraction of sp³-hybridized carbons (Fsp3) is 0.250. The number of carbonyl (C=O) groups is 1. The Morgan fingerprint density at radius 3 is 2.71 bits per heavy atom. The van der Waals surface area contributed by atoms with Crippen molar-refractivity contribution in [1.82, 2.24) is 10.3 Å². The summed E-state index contributed by atoms with van der Waals surface area (Å²) in [5, 5.41) is 12.3. The van der Waals surface area contributed by atoms with E-state index in [4.69, 9.17) is 16.7 Å². The van der Waals surface area contributed by atoms with Crippen LogP contribution in [0.2, 0.25) is 5.02 Å². The van der Waals surface area contributed by atoms with E-state index in [0.717, 1.165) is 5.56 Å². The third-order valence-electron chi connectivity index (χ3n) is 3.18. The first-order valence-electron chi connectivity index (χ1n) is 6.78. The second-order valence-electron chi connectivity index (χ2n) is 4.66. The quantitative estimate of drug-likeness (QED) is 0.862. The van der Waals surface area contributed by atoms with Crippen LogP contribution in [0.15, 0.2) is 48.8 Å². The van der Waals surface area contributed by atoms with E-state index in [0.29, 0.717) is 23.4 Å². The molecule has 0 saturated heterocycles. The number of aliphatic hydroxyl groups is 1. The van der Waals surface area contributed by atoms with Crippen molar-refractivity contribution in [1.29, 1.82) is 0 Å². The molecule has 4 nitrogen and oxygen atoms in total. The first-order valence-corrected chi connectivity index (χ1v) is 7.16. The van der Waals surface area contributed by atoms with Crippen molar-refractivity contribution in [2.45, 2.75) is 18.9 Å². The standard InChI is InChI=1S/C16H17ClN2O2/c17-14-11-18-9-8-13(14)16(21)19-15(7-4-10-20)12-5-2-1-3-6-12/h1-3,5-6,8-9,11,15,20H,4,7,10H2,(H,19,21)/t15-/m0/s1. The van der Waals surface area contributed by atoms with Gasteiger partial charge in [-0.2, -0.15) is 0 Å². The molecule has 2 aromatic rings. The number of aliphatic hydroxyl groups excluding tert-OH is 1. The van der Waals surface area contributed by atoms with Gasteiger partial charge in [-0.15, -0.1) is 0 Å². The number of hydrogen-bond acceptors (Lipinski definition) is 3. The van der Waals surface area contributed by atoms with E-state index >= 15 is 0 Å². The summed E-state index contributed by atoms with van der Waals surface area (Å²) in [6.45, 7) is 0.0925. The molecule has 0 saturated carbocycles. The van der Waals surface area contributed by atoms with Crippen LogP contribution in [-0.2, 0) is 0 Å². The van der Waals surface area contributed by atoms with Gasteiger partial charge in [-0.05, 0) is 24.5 Å². The number of halogens is 1. The van der Waals surface area contributed by atoms with Crippen molar-refractivity contribution in [3.63, 3.8) is 0 Å². The monoisotopic (exact) mass is 304 g/mol. The number of carbonyl (C=O) groups excluding carboxylic acids is 1. The first-order chi connectivity index (χ1) is 10.2. The first kappa shape index (κ1) is 15.5. The fourth-order valence-electron chi connectivity index (χ4n) is 2.10. The number of benzene rings is 1. The third kappa shape index (κ3) is 4.28. The average Bonchev–Trinajstić information content (AvgIpc) is 2.52. The summed E-state index contributed by atoms with van der Waals surface area (Å²) in [6, 6.07) is 11.1. The Morgan fingerprint density at radius 2 is 2.05 bits per heavy atom. The summed E-state index contributed by atoms with van der Waals surface area (Å²) in [4.78, 5) is 16.2. The van der Waals surface area contributed by atoms with Crippen LogP contribution in [0.5, 0.6) is 0 Å². The smallest absolute Gasteiger partial charge is 0.253 e. The highest BCUT2D eigenvalue weighted by atomic mass is 35.5. The molecule has 0 aliphatic rings. The molecule has 0 aliphatic carbocycles. The maximum Gasteiger partial charge on any atom is 0.253 e. The normalized spacial score (nSPS) is 11.9. The number of pyridine rings is 1. The number of aromatic nitrogens is 1. The van der Waals surface area contributed by atoms with Gasteiger partial charge in [0.2, 0.25) is 0 Å². The van der Waals surface area contributed by atoms with E-state index in [1.807, 2.05) is 30.3 Å². The lowest BCUT2D eigenvalue weighted by atomic mass is 10.0. The fourth-order valence-corrected chi connectivity index (χ4v) is 2.30. The Bertz CT molecular complexity index is 590. The molecule has 0 spiro atoms. The molecule has 0 aliphatic heterocycles. The highest BCUT2D eigenvalue weighted by Gasteiger charge is 2.17. The van der Waals surface area contributed by atoms with Crippen LogP contribution < -0.4 is 5.32 Å². The Labute approximate surface area is 128 Å². The van der Waals surface area contributed by atoms with Gasteiger partial charge in [0.25, 0.3) is 5.91 Å². The predicted octanol–water partition coefficient (Wildman–Crippen LogP) is 2.98. The summed E-state index contributed by atoms with van der Waals surface area (Å²) < 4.78 is 0. The minimum Gasteiger partial charge on any atom is -0.396 e. The second kappa shape index (κ2) is 7.76. The molecule has 2 rings (SSSR count). The average molecular weight is 305 g/mol. The topological polar surface area (TPSA) is 62.2 Å². The van der Waals surface area contributed by atoms with Gasteiger partial charge in [0.15, 0.2) is 0 Å². The van der Waals surface area contributed by atoms with Crippen LogP contribution in [0, 0.1) is 0 Å². The second-order valence-corrected chi connectivity index (χ2v) is 5.07. The van der Waals surface area contributed by atoms with Crippen LogP contribution >= 0.6 is 11.6 Å². The SMILES string of the molecule is O=C(N[C@@H](CCCO)c1ccccc1)c1ccncc1Cl. The van der Waals surface area contributed by atoms with Crippen molar-refractivity contribution < 1.29 is 9.90 Å². The van der Waals surface area contributed by atoms with Gasteiger partial charge in [0.05, 0.1) is 16.6 Å². The lowest BCUT2D eigenvalue weighted by Crippen LogP contribution is -2.29. The molecule has 0 bridgehead atoms. The Balaban J connectivity index is 2.15. The van der Waals surface area contributed by atoms with E-state index in [-0.39, 0.29) is 18.6 Å². The predicted molar refractivity (Wildman–Crippen MR) is 82.2 cm³/mol. The molecule has 0 fully saturated rings. The van der Waals surface area contributed by atoms with E-state index in [9.17, 15) is 4.79 Å². The van der Waals surface area contributed by atoms with Gasteiger partial charge in [-0.3, -0.25) is 9.78 Å². The number of rotatable bonds is 6. The van der Waals surface area contributed by atoms with Crippen molar-refractivity contribution in [3.05, 3.63) is 64.9 Å². The lowest BCUT2D eigenvalue weighted by molar-refractivity contribution is 0.0932. The van der Waals surface area contributed by atoms with Gasteiger partial charge >= 0.3 is 0 Å². The van der Waals surface area contributed by atoms with Crippen molar-refractivity contribution in [2.24, 2.45) is 0 Å². The molecule has 0 unspecified atom stereocenters. The molecule has 110 valence electrons. The van der Waals surface area contributed by atoms with E-state index in [1.54, 1.807) is 6.07 Å². The summed E-state index contributed by atoms with van der Waals surface area (Å²) in [7, 11) is 0. The highest BCUT2D eigenvalue weighted by Crippen LogP contribution is 2.20. The van der Waals surface area contributed by atoms with Gasteiger partial charge in [-0.25, -0.2) is 0 Å². The van der Waals surface area contributed by atoms with Crippen LogP contribution in [0.1, 0.15) is 34.8 Å². The molecule has 1 heterocycles. The number of hydrogen-bond donors (Lipinski definition) is 2. The molecule has 21 heavy (non-hydrogen) atoms. The third-order valence-corrected chi connectivity index (χ3v) is 3.48. The summed E-state index contributed by atoms with van der Waals surface area (Å²) in [5.74, 6) is -0.241. The molecule has 2 N–H and O–H groups in total. The van der Waals surface area contributed by atoms with Crippen molar-refractivity contribution in [2.75, 3.05) is 6.61 Å². The van der Waals surface area contributed by atoms with Crippen LogP contribution in [0.4, 0.5) is 0 Å². The van der Waals surface area contributed by atoms with Crippen LogP contribution in [0.25, 0.3) is 0 Å². The molecule has 0 radical (unpaired) electrons. The summed E-state index contributed by atoms with van der Waals surface area (Å²) in [5.41, 5.74) is 1.40. The minimum absolute atomic E-state index is 0.0925. The summed E-state index contributed by atoms with van der Waals surface area (Å²) >= 11 is 5.99. The molecule has 5 heteroatoms. The Kier molecular flexibility index (Phi) is 5.72. The molecular formula is C16H17ClN2O2. The minimum atomic E-state index is -0.241. The number of nitrogens with zero attached hydrogens (tertiary/aromatic N) is 1. The van der Waals surface area contributed by atoms with Crippen molar-refractivity contribution >= 4 is 17.5 Å². The summed E-state index contributed by atoms with van der Waals surface area (Å²) in [6.07, 6.45) is 4.26. The van der Waals surface area contributed by atoms with Gasteiger partial charge in [0.1, 0.15) is 0 Å². The van der Waals surface area contributed by atoms with E-state index in [1.165, 1.54) is 12.4 Å². The number of amides is 1. The maximum atomic E-state index is 12.3. The zero-order valence-electron chi connectivity index (χ0n) is 11.5.